The molecule has 0 radical (unpaired) electrons. The summed E-state index contributed by atoms with van der Waals surface area (Å²) in [6.45, 7) is 0.557. The average Bonchev–Trinajstić information content (AvgIpc) is 2.86. The molecule has 0 aliphatic heterocycles. The van der Waals surface area contributed by atoms with E-state index in [9.17, 15) is 13.2 Å². The van der Waals surface area contributed by atoms with Crippen LogP contribution in [0.15, 0.2) is 85.1 Å². The third kappa shape index (κ3) is 6.80. The third-order valence-electron chi connectivity index (χ3n) is 5.12. The van der Waals surface area contributed by atoms with Gasteiger partial charge in [0.05, 0.1) is 24.8 Å². The second-order valence-electron chi connectivity index (χ2n) is 8.01. The zero-order valence-electron chi connectivity index (χ0n) is 19.5. The number of aromatic nitrogens is 2. The van der Waals surface area contributed by atoms with Crippen molar-refractivity contribution in [3.8, 4) is 17.0 Å². The highest BCUT2D eigenvalue weighted by Crippen LogP contribution is 2.23. The van der Waals surface area contributed by atoms with Crippen LogP contribution in [-0.4, -0.2) is 37.2 Å². The van der Waals surface area contributed by atoms with Crippen LogP contribution in [0.5, 0.6) is 5.75 Å². The van der Waals surface area contributed by atoms with E-state index in [-0.39, 0.29) is 17.5 Å². The van der Waals surface area contributed by atoms with Crippen molar-refractivity contribution < 1.29 is 17.9 Å². The van der Waals surface area contributed by atoms with Gasteiger partial charge < -0.3 is 15.8 Å². The van der Waals surface area contributed by atoms with E-state index in [1.54, 1.807) is 36.4 Å². The third-order valence-corrected chi connectivity index (χ3v) is 5.68. The minimum atomic E-state index is -3.54. The number of sulfonamides is 1. The summed E-state index contributed by atoms with van der Waals surface area (Å²) in [4.78, 5) is 21.1. The lowest BCUT2D eigenvalue weighted by Gasteiger charge is -2.10. The van der Waals surface area contributed by atoms with Crippen molar-refractivity contribution in [2.75, 3.05) is 28.6 Å². The Balaban J connectivity index is 1.38. The zero-order chi connectivity index (χ0) is 25.5. The lowest BCUT2D eigenvalue weighted by molar-refractivity contribution is 0.102. The number of nitrogens with one attached hydrogen (secondary N) is 2. The summed E-state index contributed by atoms with van der Waals surface area (Å²) in [5.41, 5.74) is 9.10. The number of nitrogens with two attached hydrogens (primary N) is 1. The molecule has 10 heteroatoms. The highest BCUT2D eigenvalue weighted by molar-refractivity contribution is 7.92. The van der Waals surface area contributed by atoms with Crippen LogP contribution in [0.1, 0.15) is 15.9 Å². The summed E-state index contributed by atoms with van der Waals surface area (Å²) in [5, 5.41) is 2.86. The maximum absolute atomic E-state index is 12.8. The van der Waals surface area contributed by atoms with Gasteiger partial charge in [-0.15, -0.1) is 0 Å². The standard InChI is InChI=1S/C26H25N5O4S/c1-36(33,34)31-25-24(27)30-23(17-28-25)19-8-5-9-20(16-19)26(32)29-21-10-12-22(13-11-21)35-15-14-18-6-3-2-4-7-18/h2-13,16-17H,14-15H2,1H3,(H2,27,30)(H,28,31)(H,29,32). The van der Waals surface area contributed by atoms with Crippen LogP contribution < -0.4 is 20.5 Å². The summed E-state index contributed by atoms with van der Waals surface area (Å²) < 4.78 is 30.8. The maximum Gasteiger partial charge on any atom is 0.255 e. The van der Waals surface area contributed by atoms with Gasteiger partial charge in [-0.05, 0) is 42.0 Å². The summed E-state index contributed by atoms with van der Waals surface area (Å²) >= 11 is 0. The Kier molecular flexibility index (Phi) is 7.45. The van der Waals surface area contributed by atoms with Gasteiger partial charge in [0.1, 0.15) is 5.75 Å². The number of amides is 1. The smallest absolute Gasteiger partial charge is 0.255 e. The molecular formula is C26H25N5O4S. The average molecular weight is 504 g/mol. The first kappa shape index (κ1) is 24.7. The second-order valence-corrected chi connectivity index (χ2v) is 9.76. The number of nitrogens with zero attached hydrogens (tertiary/aromatic N) is 2. The van der Waals surface area contributed by atoms with Gasteiger partial charge in [-0.25, -0.2) is 18.4 Å². The molecule has 0 atom stereocenters. The Morgan fingerprint density at radius 3 is 2.44 bits per heavy atom. The fourth-order valence-electron chi connectivity index (χ4n) is 3.39. The molecule has 0 spiro atoms. The monoisotopic (exact) mass is 503 g/mol. The topological polar surface area (TPSA) is 136 Å². The van der Waals surface area contributed by atoms with Crippen LogP contribution >= 0.6 is 0 Å². The Morgan fingerprint density at radius 1 is 1.00 bits per heavy atom. The number of carbonyl (C=O) groups excluding carboxylic acids is 1. The van der Waals surface area contributed by atoms with E-state index in [0.717, 1.165) is 18.4 Å². The van der Waals surface area contributed by atoms with Gasteiger partial charge in [-0.3, -0.25) is 9.52 Å². The largest absolute Gasteiger partial charge is 0.493 e. The Bertz CT molecular complexity index is 1460. The van der Waals surface area contributed by atoms with Crippen LogP contribution in [0.3, 0.4) is 0 Å². The van der Waals surface area contributed by atoms with Crippen molar-refractivity contribution in [2.45, 2.75) is 6.42 Å². The first-order valence-electron chi connectivity index (χ1n) is 11.1. The van der Waals surface area contributed by atoms with Crippen molar-refractivity contribution in [1.82, 2.24) is 9.97 Å². The second kappa shape index (κ2) is 10.9. The Labute approximate surface area is 209 Å². The minimum Gasteiger partial charge on any atom is -0.493 e. The molecule has 1 aromatic heterocycles. The van der Waals surface area contributed by atoms with Crippen molar-refractivity contribution in [2.24, 2.45) is 0 Å². The van der Waals surface area contributed by atoms with E-state index in [2.05, 4.69) is 32.1 Å². The molecule has 0 aliphatic carbocycles. The van der Waals surface area contributed by atoms with Crippen molar-refractivity contribution in [3.05, 3.63) is 96.2 Å². The first-order valence-corrected chi connectivity index (χ1v) is 12.9. The summed E-state index contributed by atoms with van der Waals surface area (Å²) in [6, 6.07) is 24.1. The maximum atomic E-state index is 12.8. The molecule has 3 aromatic carbocycles. The molecule has 0 saturated heterocycles. The zero-order valence-corrected chi connectivity index (χ0v) is 20.3. The molecule has 4 N–H and O–H groups in total. The number of hydrogen-bond acceptors (Lipinski definition) is 7. The summed E-state index contributed by atoms with van der Waals surface area (Å²) in [5.74, 6) is 0.295. The molecule has 4 aromatic rings. The van der Waals surface area contributed by atoms with Crippen LogP contribution in [0, 0.1) is 0 Å². The molecule has 0 unspecified atom stereocenters. The molecule has 1 heterocycles. The number of benzene rings is 3. The van der Waals surface area contributed by atoms with Crippen LogP contribution in [0.2, 0.25) is 0 Å². The number of ether oxygens (including phenoxy) is 1. The van der Waals surface area contributed by atoms with Gasteiger partial charge in [-0.2, -0.15) is 0 Å². The van der Waals surface area contributed by atoms with Crippen molar-refractivity contribution in [3.63, 3.8) is 0 Å². The number of hydrogen-bond donors (Lipinski definition) is 3. The quantitative estimate of drug-likeness (QED) is 0.314. The lowest BCUT2D eigenvalue weighted by atomic mass is 10.1. The molecule has 1 amide bonds. The Morgan fingerprint density at radius 2 is 1.75 bits per heavy atom. The summed E-state index contributed by atoms with van der Waals surface area (Å²) in [6.07, 6.45) is 3.19. The number of nitrogen functional groups attached to an aromatic ring is 1. The highest BCUT2D eigenvalue weighted by atomic mass is 32.2. The lowest BCUT2D eigenvalue weighted by Crippen LogP contribution is -2.14. The minimum absolute atomic E-state index is 0.0531. The molecule has 0 aliphatic rings. The van der Waals surface area contributed by atoms with Gasteiger partial charge in [0.15, 0.2) is 11.6 Å². The van der Waals surface area contributed by atoms with E-state index in [0.29, 0.717) is 29.1 Å². The van der Waals surface area contributed by atoms with E-state index in [4.69, 9.17) is 10.5 Å². The number of carbonyl (C=O) groups is 1. The van der Waals surface area contributed by atoms with Crippen molar-refractivity contribution in [1.29, 1.82) is 0 Å². The fraction of sp³-hybridized carbons (Fsp3) is 0.115. The summed E-state index contributed by atoms with van der Waals surface area (Å²) in [7, 11) is -3.54. The molecule has 36 heavy (non-hydrogen) atoms. The highest BCUT2D eigenvalue weighted by Gasteiger charge is 2.12. The molecule has 0 bridgehead atoms. The van der Waals surface area contributed by atoms with Crippen LogP contribution in [-0.2, 0) is 16.4 Å². The molecule has 184 valence electrons. The van der Waals surface area contributed by atoms with Gasteiger partial charge in [0, 0.05) is 23.2 Å². The van der Waals surface area contributed by atoms with Gasteiger partial charge >= 0.3 is 0 Å². The van der Waals surface area contributed by atoms with Crippen molar-refractivity contribution >= 4 is 33.3 Å². The van der Waals surface area contributed by atoms with E-state index in [1.165, 1.54) is 11.8 Å². The van der Waals surface area contributed by atoms with Gasteiger partial charge in [-0.1, -0.05) is 42.5 Å². The molecule has 0 saturated carbocycles. The van der Waals surface area contributed by atoms with E-state index < -0.39 is 10.0 Å². The molecule has 9 nitrogen and oxygen atoms in total. The fourth-order valence-corrected chi connectivity index (χ4v) is 3.89. The predicted octanol–water partition coefficient (Wildman–Crippen LogP) is 3.97. The molecular weight excluding hydrogens is 478 g/mol. The van der Waals surface area contributed by atoms with Crippen LogP contribution in [0.25, 0.3) is 11.3 Å². The first-order chi connectivity index (χ1) is 17.3. The normalized spacial score (nSPS) is 11.0. The molecule has 0 fully saturated rings. The van der Waals surface area contributed by atoms with E-state index >= 15 is 0 Å². The predicted molar refractivity (Wildman–Crippen MR) is 140 cm³/mol. The van der Waals surface area contributed by atoms with E-state index in [1.807, 2.05) is 30.3 Å². The van der Waals surface area contributed by atoms with Gasteiger partial charge in [0.25, 0.3) is 5.91 Å². The molecule has 4 rings (SSSR count). The number of rotatable bonds is 9. The van der Waals surface area contributed by atoms with Crippen LogP contribution in [0.4, 0.5) is 17.3 Å². The van der Waals surface area contributed by atoms with Gasteiger partial charge in [0.2, 0.25) is 10.0 Å². The number of anilines is 3. The Hall–Kier alpha value is -4.44. The SMILES string of the molecule is CS(=O)(=O)Nc1ncc(-c2cccc(C(=O)Nc3ccc(OCCc4ccccc4)cc3)c2)nc1N.